The van der Waals surface area contributed by atoms with E-state index in [2.05, 4.69) is 16.2 Å². The van der Waals surface area contributed by atoms with Gasteiger partial charge in [0.25, 0.3) is 5.89 Å². The molecule has 3 nitrogen and oxygen atoms in total. The number of hydrogen-bond donors (Lipinski definition) is 0. The highest BCUT2D eigenvalue weighted by Crippen LogP contribution is 2.25. The van der Waals surface area contributed by atoms with E-state index in [1.54, 1.807) is 0 Å². The second-order valence-electron chi connectivity index (χ2n) is 2.77. The molecule has 1 aliphatic rings. The maximum Gasteiger partial charge on any atom is 0.253 e. The topological polar surface area (TPSA) is 38.9 Å². The minimum absolute atomic E-state index is 0.708. The first-order chi connectivity index (χ1) is 5.36. The molecule has 0 aliphatic heterocycles. The maximum atomic E-state index is 5.02. The lowest BCUT2D eigenvalue weighted by molar-refractivity contribution is 0.402. The summed E-state index contributed by atoms with van der Waals surface area (Å²) in [6, 6.07) is 0. The molecule has 2 rings (SSSR count). The third-order valence-electron chi connectivity index (χ3n) is 1.84. The zero-order valence-corrected chi connectivity index (χ0v) is 6.50. The van der Waals surface area contributed by atoms with Crippen LogP contribution in [0, 0.1) is 6.92 Å². The van der Waals surface area contributed by atoms with Crippen LogP contribution in [0.5, 0.6) is 0 Å². The molecule has 0 spiro atoms. The van der Waals surface area contributed by atoms with Crippen molar-refractivity contribution in [3.05, 3.63) is 17.8 Å². The predicted octanol–water partition coefficient (Wildman–Crippen LogP) is 1.95. The van der Waals surface area contributed by atoms with Gasteiger partial charge in [-0.15, -0.1) is 0 Å². The fraction of sp³-hybridized carbons (Fsp3) is 0.500. The lowest BCUT2D eigenvalue weighted by atomic mass is 10.2. The Hall–Kier alpha value is -1.12. The summed E-state index contributed by atoms with van der Waals surface area (Å²) < 4.78 is 5.02. The van der Waals surface area contributed by atoms with Crippen molar-refractivity contribution in [3.8, 4) is 0 Å². The highest BCUT2D eigenvalue weighted by molar-refractivity contribution is 5.59. The Morgan fingerprint density at radius 2 is 2.45 bits per heavy atom. The van der Waals surface area contributed by atoms with Gasteiger partial charge in [0, 0.05) is 5.57 Å². The first-order valence-electron chi connectivity index (χ1n) is 3.86. The molecule has 0 N–H and O–H groups in total. The van der Waals surface area contributed by atoms with Gasteiger partial charge < -0.3 is 4.52 Å². The van der Waals surface area contributed by atoms with Gasteiger partial charge in [0.05, 0.1) is 0 Å². The number of rotatable bonds is 1. The maximum absolute atomic E-state index is 5.02. The van der Waals surface area contributed by atoms with Crippen LogP contribution in [0.2, 0.25) is 0 Å². The lowest BCUT2D eigenvalue weighted by Crippen LogP contribution is -1.79. The smallest absolute Gasteiger partial charge is 0.253 e. The molecule has 0 saturated carbocycles. The van der Waals surface area contributed by atoms with Crippen molar-refractivity contribution in [2.75, 3.05) is 0 Å². The Morgan fingerprint density at radius 3 is 3.00 bits per heavy atom. The molecule has 58 valence electrons. The van der Waals surface area contributed by atoms with E-state index in [0.29, 0.717) is 11.7 Å². The summed E-state index contributed by atoms with van der Waals surface area (Å²) in [7, 11) is 0. The summed E-state index contributed by atoms with van der Waals surface area (Å²) in [6.45, 7) is 1.84. The van der Waals surface area contributed by atoms with Crippen LogP contribution in [0.4, 0.5) is 0 Å². The van der Waals surface area contributed by atoms with Gasteiger partial charge in [-0.3, -0.25) is 0 Å². The molecule has 0 bridgehead atoms. The summed E-state index contributed by atoms with van der Waals surface area (Å²) in [5.41, 5.74) is 1.21. The van der Waals surface area contributed by atoms with Crippen molar-refractivity contribution in [1.82, 2.24) is 10.1 Å². The minimum atomic E-state index is 0.708. The summed E-state index contributed by atoms with van der Waals surface area (Å²) >= 11 is 0. The molecular weight excluding hydrogens is 140 g/mol. The van der Waals surface area contributed by atoms with Crippen LogP contribution in [-0.2, 0) is 0 Å². The van der Waals surface area contributed by atoms with E-state index >= 15 is 0 Å². The Morgan fingerprint density at radius 1 is 1.55 bits per heavy atom. The van der Waals surface area contributed by atoms with Crippen LogP contribution in [0.3, 0.4) is 0 Å². The van der Waals surface area contributed by atoms with E-state index in [0.717, 1.165) is 12.8 Å². The zero-order valence-electron chi connectivity index (χ0n) is 6.50. The van der Waals surface area contributed by atoms with Gasteiger partial charge in [-0.25, -0.2) is 0 Å². The molecule has 0 fully saturated rings. The Labute approximate surface area is 65.1 Å². The standard InChI is InChI=1S/C8H10N2O/c1-6-9-8(11-10-6)7-4-2-3-5-7/h4H,2-3,5H2,1H3. The third-order valence-corrected chi connectivity index (χ3v) is 1.84. The third kappa shape index (κ3) is 1.18. The SMILES string of the molecule is Cc1noc(C2=CCCC2)n1. The molecule has 1 aliphatic carbocycles. The summed E-state index contributed by atoms with van der Waals surface area (Å²) in [5, 5.41) is 3.73. The quantitative estimate of drug-likeness (QED) is 0.614. The van der Waals surface area contributed by atoms with Crippen LogP contribution in [0.1, 0.15) is 31.0 Å². The molecule has 1 aromatic rings. The van der Waals surface area contributed by atoms with Crippen molar-refractivity contribution < 1.29 is 4.52 Å². The summed E-state index contributed by atoms with van der Waals surface area (Å²) in [5.74, 6) is 1.42. The number of allylic oxidation sites excluding steroid dienone is 2. The molecule has 1 aromatic heterocycles. The number of aromatic nitrogens is 2. The average molecular weight is 150 g/mol. The van der Waals surface area contributed by atoms with Crippen molar-refractivity contribution >= 4 is 5.57 Å². The summed E-state index contributed by atoms with van der Waals surface area (Å²) in [4.78, 5) is 4.15. The molecule has 0 atom stereocenters. The second kappa shape index (κ2) is 2.49. The van der Waals surface area contributed by atoms with Gasteiger partial charge in [0.15, 0.2) is 5.82 Å². The molecule has 1 heterocycles. The molecule has 0 unspecified atom stereocenters. The fourth-order valence-electron chi connectivity index (χ4n) is 1.29. The molecule has 0 aromatic carbocycles. The van der Waals surface area contributed by atoms with Crippen molar-refractivity contribution in [1.29, 1.82) is 0 Å². The minimum Gasteiger partial charge on any atom is -0.334 e. The first-order valence-corrected chi connectivity index (χ1v) is 3.86. The van der Waals surface area contributed by atoms with Crippen molar-refractivity contribution in [2.45, 2.75) is 26.2 Å². The molecular formula is C8H10N2O. The Kier molecular flexibility index (Phi) is 1.49. The van der Waals surface area contributed by atoms with Crippen LogP contribution >= 0.6 is 0 Å². The van der Waals surface area contributed by atoms with Gasteiger partial charge in [-0.05, 0) is 26.2 Å². The number of hydrogen-bond acceptors (Lipinski definition) is 3. The van der Waals surface area contributed by atoms with Crippen molar-refractivity contribution in [2.24, 2.45) is 0 Å². The molecule has 0 amide bonds. The van der Waals surface area contributed by atoms with Crippen LogP contribution < -0.4 is 0 Å². The van der Waals surface area contributed by atoms with Gasteiger partial charge >= 0.3 is 0 Å². The van der Waals surface area contributed by atoms with Crippen LogP contribution in [0.15, 0.2) is 10.6 Å². The van der Waals surface area contributed by atoms with Crippen LogP contribution in [0.25, 0.3) is 5.57 Å². The Bertz CT molecular complexity index is 288. The molecule has 11 heavy (non-hydrogen) atoms. The van der Waals surface area contributed by atoms with Gasteiger partial charge in [-0.2, -0.15) is 4.98 Å². The average Bonchev–Trinajstić information content (AvgIpc) is 2.55. The van der Waals surface area contributed by atoms with E-state index in [4.69, 9.17) is 4.52 Å². The van der Waals surface area contributed by atoms with Gasteiger partial charge in [0.2, 0.25) is 0 Å². The lowest BCUT2D eigenvalue weighted by Gasteiger charge is -1.89. The fourth-order valence-corrected chi connectivity index (χ4v) is 1.29. The highest BCUT2D eigenvalue weighted by atomic mass is 16.5. The van der Waals surface area contributed by atoms with Gasteiger partial charge in [0.1, 0.15) is 0 Å². The number of aryl methyl sites for hydroxylation is 1. The molecule has 3 heteroatoms. The van der Waals surface area contributed by atoms with E-state index < -0.39 is 0 Å². The van der Waals surface area contributed by atoms with E-state index in [1.807, 2.05) is 6.92 Å². The molecule has 0 saturated heterocycles. The van der Waals surface area contributed by atoms with E-state index in [9.17, 15) is 0 Å². The zero-order chi connectivity index (χ0) is 7.68. The number of nitrogens with zero attached hydrogens (tertiary/aromatic N) is 2. The normalized spacial score (nSPS) is 17.0. The largest absolute Gasteiger partial charge is 0.334 e. The first kappa shape index (κ1) is 6.58. The Balaban J connectivity index is 2.28. The monoisotopic (exact) mass is 150 g/mol. The highest BCUT2D eigenvalue weighted by Gasteiger charge is 2.12. The van der Waals surface area contributed by atoms with E-state index in [-0.39, 0.29) is 0 Å². The van der Waals surface area contributed by atoms with Crippen LogP contribution in [-0.4, -0.2) is 10.1 Å². The second-order valence-corrected chi connectivity index (χ2v) is 2.77. The molecule has 0 radical (unpaired) electrons. The van der Waals surface area contributed by atoms with Gasteiger partial charge in [-0.1, -0.05) is 11.2 Å². The predicted molar refractivity (Wildman–Crippen MR) is 40.9 cm³/mol. The van der Waals surface area contributed by atoms with Crippen molar-refractivity contribution in [3.63, 3.8) is 0 Å². The summed E-state index contributed by atoms with van der Waals surface area (Å²) in [6.07, 6.45) is 5.63. The van der Waals surface area contributed by atoms with E-state index in [1.165, 1.54) is 12.0 Å².